The van der Waals surface area contributed by atoms with Crippen LogP contribution in [0.2, 0.25) is 5.15 Å². The van der Waals surface area contributed by atoms with Crippen molar-refractivity contribution in [2.24, 2.45) is 0 Å². The second kappa shape index (κ2) is 6.99. The molecule has 21 heavy (non-hydrogen) atoms. The number of carbonyl (C=O) groups excluding carboxylic acids is 1. The molecule has 0 radical (unpaired) electrons. The van der Waals surface area contributed by atoms with E-state index in [-0.39, 0.29) is 16.8 Å². The quantitative estimate of drug-likeness (QED) is 0.919. The SMILES string of the molecule is CCN(CC)c1ccc(NC(=O)c2cnc(Cl)cn2)cn1. The summed E-state index contributed by atoms with van der Waals surface area (Å²) in [6, 6.07) is 3.68. The van der Waals surface area contributed by atoms with Crippen LogP contribution in [0, 0.1) is 0 Å². The Hall–Kier alpha value is -2.21. The van der Waals surface area contributed by atoms with Crippen molar-refractivity contribution < 1.29 is 4.79 Å². The molecule has 110 valence electrons. The summed E-state index contributed by atoms with van der Waals surface area (Å²) in [5.41, 5.74) is 0.805. The molecular formula is C14H16ClN5O. The van der Waals surface area contributed by atoms with E-state index >= 15 is 0 Å². The van der Waals surface area contributed by atoms with Gasteiger partial charge in [0, 0.05) is 13.1 Å². The molecule has 7 heteroatoms. The molecule has 0 aliphatic rings. The molecule has 0 spiro atoms. The summed E-state index contributed by atoms with van der Waals surface area (Å²) in [4.78, 5) is 26.2. The van der Waals surface area contributed by atoms with Gasteiger partial charge in [0.05, 0.1) is 24.3 Å². The number of halogens is 1. The van der Waals surface area contributed by atoms with E-state index in [0.717, 1.165) is 18.9 Å². The number of nitrogens with zero attached hydrogens (tertiary/aromatic N) is 4. The van der Waals surface area contributed by atoms with Crippen LogP contribution in [0.25, 0.3) is 0 Å². The fraction of sp³-hybridized carbons (Fsp3) is 0.286. The number of amides is 1. The number of hydrogen-bond acceptors (Lipinski definition) is 5. The third-order valence-corrected chi connectivity index (χ3v) is 3.14. The average molecular weight is 306 g/mol. The molecule has 0 aromatic carbocycles. The zero-order valence-corrected chi connectivity index (χ0v) is 12.6. The van der Waals surface area contributed by atoms with Crippen molar-refractivity contribution in [1.82, 2.24) is 15.0 Å². The number of rotatable bonds is 5. The predicted molar refractivity (Wildman–Crippen MR) is 82.8 cm³/mol. The molecule has 0 saturated carbocycles. The minimum atomic E-state index is -0.350. The summed E-state index contributed by atoms with van der Waals surface area (Å²) in [6.07, 6.45) is 4.28. The molecule has 1 amide bonds. The largest absolute Gasteiger partial charge is 0.357 e. The molecule has 0 atom stereocenters. The van der Waals surface area contributed by atoms with Gasteiger partial charge in [-0.25, -0.2) is 15.0 Å². The lowest BCUT2D eigenvalue weighted by Gasteiger charge is -2.19. The fourth-order valence-corrected chi connectivity index (χ4v) is 1.92. The minimum Gasteiger partial charge on any atom is -0.357 e. The predicted octanol–water partition coefficient (Wildman–Crippen LogP) is 2.62. The Bertz CT molecular complexity index is 596. The average Bonchev–Trinajstić information content (AvgIpc) is 2.51. The van der Waals surface area contributed by atoms with Gasteiger partial charge in [-0.05, 0) is 26.0 Å². The van der Waals surface area contributed by atoms with Gasteiger partial charge in [0.2, 0.25) is 0 Å². The standard InChI is InChI=1S/C14H16ClN5O/c1-3-20(4-2)13-6-5-10(7-18-13)19-14(21)11-8-17-12(15)9-16-11/h5-9H,3-4H2,1-2H3,(H,19,21). The highest BCUT2D eigenvalue weighted by Crippen LogP contribution is 2.14. The van der Waals surface area contributed by atoms with E-state index in [1.165, 1.54) is 12.4 Å². The summed E-state index contributed by atoms with van der Waals surface area (Å²) in [5.74, 6) is 0.529. The van der Waals surface area contributed by atoms with Crippen LogP contribution in [0.1, 0.15) is 24.3 Å². The first-order valence-electron chi connectivity index (χ1n) is 6.64. The third-order valence-electron chi connectivity index (χ3n) is 2.95. The van der Waals surface area contributed by atoms with Gasteiger partial charge in [0.15, 0.2) is 0 Å². The van der Waals surface area contributed by atoms with Crippen molar-refractivity contribution in [3.05, 3.63) is 41.6 Å². The second-order valence-corrected chi connectivity index (χ2v) is 4.64. The van der Waals surface area contributed by atoms with E-state index in [0.29, 0.717) is 5.69 Å². The topological polar surface area (TPSA) is 71.0 Å². The highest BCUT2D eigenvalue weighted by Gasteiger charge is 2.09. The van der Waals surface area contributed by atoms with Crippen LogP contribution in [-0.2, 0) is 0 Å². The van der Waals surface area contributed by atoms with E-state index in [2.05, 4.69) is 39.0 Å². The molecule has 0 bridgehead atoms. The number of pyridine rings is 1. The number of hydrogen-bond donors (Lipinski definition) is 1. The Morgan fingerprint density at radius 3 is 2.43 bits per heavy atom. The van der Waals surface area contributed by atoms with Crippen molar-refractivity contribution in [1.29, 1.82) is 0 Å². The Morgan fingerprint density at radius 1 is 1.14 bits per heavy atom. The van der Waals surface area contributed by atoms with E-state index in [1.807, 2.05) is 12.1 Å². The highest BCUT2D eigenvalue weighted by molar-refractivity contribution is 6.29. The number of nitrogens with one attached hydrogen (secondary N) is 1. The Labute approximate surface area is 128 Å². The molecular weight excluding hydrogens is 290 g/mol. The molecule has 2 heterocycles. The molecule has 0 aliphatic heterocycles. The maximum Gasteiger partial charge on any atom is 0.275 e. The van der Waals surface area contributed by atoms with Gasteiger partial charge in [0.1, 0.15) is 16.7 Å². The van der Waals surface area contributed by atoms with Crippen molar-refractivity contribution in [2.75, 3.05) is 23.3 Å². The molecule has 0 aliphatic carbocycles. The summed E-state index contributed by atoms with van der Waals surface area (Å²) in [7, 11) is 0. The van der Waals surface area contributed by atoms with Crippen molar-refractivity contribution in [3.63, 3.8) is 0 Å². The Balaban J connectivity index is 2.06. The van der Waals surface area contributed by atoms with Crippen molar-refractivity contribution in [3.8, 4) is 0 Å². The number of anilines is 2. The molecule has 2 aromatic heterocycles. The van der Waals surface area contributed by atoms with Crippen molar-refractivity contribution >= 4 is 29.0 Å². The van der Waals surface area contributed by atoms with Gasteiger partial charge in [-0.2, -0.15) is 0 Å². The first-order valence-corrected chi connectivity index (χ1v) is 7.01. The second-order valence-electron chi connectivity index (χ2n) is 4.26. The van der Waals surface area contributed by atoms with Crippen LogP contribution in [0.5, 0.6) is 0 Å². The van der Waals surface area contributed by atoms with Crippen molar-refractivity contribution in [2.45, 2.75) is 13.8 Å². The molecule has 0 unspecified atom stereocenters. The van der Waals surface area contributed by atoms with E-state index < -0.39 is 0 Å². The summed E-state index contributed by atoms with van der Waals surface area (Å²) < 4.78 is 0. The van der Waals surface area contributed by atoms with Crippen LogP contribution in [-0.4, -0.2) is 33.9 Å². The highest BCUT2D eigenvalue weighted by atomic mass is 35.5. The van der Waals surface area contributed by atoms with Gasteiger partial charge in [-0.15, -0.1) is 0 Å². The van der Waals surface area contributed by atoms with Crippen LogP contribution < -0.4 is 10.2 Å². The van der Waals surface area contributed by atoms with Gasteiger partial charge >= 0.3 is 0 Å². The fourth-order valence-electron chi connectivity index (χ4n) is 1.82. The maximum absolute atomic E-state index is 12.0. The monoisotopic (exact) mass is 305 g/mol. The Morgan fingerprint density at radius 2 is 1.90 bits per heavy atom. The maximum atomic E-state index is 12.0. The Kier molecular flexibility index (Phi) is 5.05. The van der Waals surface area contributed by atoms with Crippen LogP contribution in [0.15, 0.2) is 30.7 Å². The molecule has 2 rings (SSSR count). The lowest BCUT2D eigenvalue weighted by atomic mass is 10.3. The minimum absolute atomic E-state index is 0.201. The normalized spacial score (nSPS) is 10.2. The molecule has 0 fully saturated rings. The van der Waals surface area contributed by atoms with Gasteiger partial charge in [-0.3, -0.25) is 4.79 Å². The first-order chi connectivity index (χ1) is 10.1. The van der Waals surface area contributed by atoms with E-state index in [4.69, 9.17) is 11.6 Å². The van der Waals surface area contributed by atoms with E-state index in [1.54, 1.807) is 6.20 Å². The van der Waals surface area contributed by atoms with Crippen LogP contribution >= 0.6 is 11.6 Å². The zero-order valence-electron chi connectivity index (χ0n) is 11.9. The smallest absolute Gasteiger partial charge is 0.275 e. The van der Waals surface area contributed by atoms with Crippen LogP contribution in [0.3, 0.4) is 0 Å². The van der Waals surface area contributed by atoms with Gasteiger partial charge in [0.25, 0.3) is 5.91 Å². The third kappa shape index (κ3) is 3.88. The lowest BCUT2D eigenvalue weighted by Crippen LogP contribution is -2.23. The molecule has 0 saturated heterocycles. The number of carbonyl (C=O) groups is 1. The summed E-state index contributed by atoms with van der Waals surface area (Å²) >= 11 is 5.63. The summed E-state index contributed by atoms with van der Waals surface area (Å²) in [6.45, 7) is 5.91. The van der Waals surface area contributed by atoms with Crippen LogP contribution in [0.4, 0.5) is 11.5 Å². The molecule has 6 nitrogen and oxygen atoms in total. The zero-order chi connectivity index (χ0) is 15.2. The van der Waals surface area contributed by atoms with Gasteiger partial charge < -0.3 is 10.2 Å². The number of aromatic nitrogens is 3. The van der Waals surface area contributed by atoms with Gasteiger partial charge in [-0.1, -0.05) is 11.6 Å². The molecule has 1 N–H and O–H groups in total. The lowest BCUT2D eigenvalue weighted by molar-refractivity contribution is 0.102. The summed E-state index contributed by atoms with van der Waals surface area (Å²) in [5, 5.41) is 2.96. The van der Waals surface area contributed by atoms with E-state index in [9.17, 15) is 4.79 Å². The molecule has 2 aromatic rings. The first kappa shape index (κ1) is 15.2.